The van der Waals surface area contributed by atoms with Crippen molar-refractivity contribution in [3.63, 3.8) is 0 Å². The average molecular weight is 232 g/mol. The number of hydrogen-bond acceptors (Lipinski definition) is 2. The largest absolute Gasteiger partial charge is 0.238 e. The van der Waals surface area contributed by atoms with Crippen molar-refractivity contribution in [1.29, 1.82) is 0 Å². The van der Waals surface area contributed by atoms with E-state index in [1.54, 1.807) is 0 Å². The highest BCUT2D eigenvalue weighted by molar-refractivity contribution is 9.10. The molecule has 0 aromatic carbocycles. The Bertz CT molecular complexity index is 272. The molecule has 0 aliphatic heterocycles. The summed E-state index contributed by atoms with van der Waals surface area (Å²) in [7, 11) is 0. The van der Waals surface area contributed by atoms with Gasteiger partial charge in [-0.15, -0.1) is 5.10 Å². The molecule has 1 aromatic heterocycles. The van der Waals surface area contributed by atoms with E-state index >= 15 is 0 Å². The van der Waals surface area contributed by atoms with Gasteiger partial charge in [-0.05, 0) is 22.9 Å². The molecule has 3 nitrogen and oxygen atoms in total. The minimum atomic E-state index is 0.0618. The molecule has 68 valence electrons. The Kier molecular flexibility index (Phi) is 2.56. The Morgan fingerprint density at radius 3 is 2.25 bits per heavy atom. The summed E-state index contributed by atoms with van der Waals surface area (Å²) in [6.07, 6.45) is 0. The van der Waals surface area contributed by atoms with Gasteiger partial charge in [0.15, 0.2) is 0 Å². The van der Waals surface area contributed by atoms with Crippen LogP contribution in [0.1, 0.15) is 33.4 Å². The lowest BCUT2D eigenvalue weighted by Crippen LogP contribution is -2.12. The fraction of sp³-hybridized carbons (Fsp3) is 0.750. The summed E-state index contributed by atoms with van der Waals surface area (Å²) >= 11 is 3.49. The molecule has 0 fully saturated rings. The van der Waals surface area contributed by atoms with E-state index in [4.69, 9.17) is 0 Å². The van der Waals surface area contributed by atoms with E-state index in [9.17, 15) is 0 Å². The minimum Gasteiger partial charge on any atom is -0.238 e. The van der Waals surface area contributed by atoms with Gasteiger partial charge in [-0.2, -0.15) is 0 Å². The Morgan fingerprint density at radius 1 is 1.42 bits per heavy atom. The third-order valence-corrected chi connectivity index (χ3v) is 2.47. The highest BCUT2D eigenvalue weighted by Gasteiger charge is 2.22. The van der Waals surface area contributed by atoms with Gasteiger partial charge in [0.2, 0.25) is 0 Å². The smallest absolute Gasteiger partial charge is 0.128 e. The summed E-state index contributed by atoms with van der Waals surface area (Å²) in [5.74, 6) is 0. The molecule has 0 aliphatic rings. The van der Waals surface area contributed by atoms with Crippen molar-refractivity contribution in [2.75, 3.05) is 0 Å². The van der Waals surface area contributed by atoms with Crippen LogP contribution in [0.3, 0.4) is 0 Å². The van der Waals surface area contributed by atoms with Crippen LogP contribution in [0.4, 0.5) is 0 Å². The van der Waals surface area contributed by atoms with Crippen LogP contribution in [0.5, 0.6) is 0 Å². The maximum atomic E-state index is 4.12. The van der Waals surface area contributed by atoms with Crippen LogP contribution < -0.4 is 0 Å². The molecule has 1 rings (SSSR count). The lowest BCUT2D eigenvalue weighted by molar-refractivity contribution is 0.564. The first kappa shape index (κ1) is 9.71. The molecule has 1 heterocycles. The van der Waals surface area contributed by atoms with Crippen LogP contribution in [0.2, 0.25) is 0 Å². The Labute approximate surface area is 81.3 Å². The molecule has 0 saturated carbocycles. The first-order valence-corrected chi connectivity index (χ1v) is 4.85. The molecule has 4 heteroatoms. The number of nitrogens with zero attached hydrogens (tertiary/aromatic N) is 3. The Morgan fingerprint density at radius 2 is 2.00 bits per heavy atom. The fourth-order valence-electron chi connectivity index (χ4n) is 0.963. The first-order valence-electron chi connectivity index (χ1n) is 4.06. The van der Waals surface area contributed by atoms with Crippen molar-refractivity contribution >= 4 is 15.9 Å². The van der Waals surface area contributed by atoms with Crippen LogP contribution >= 0.6 is 15.9 Å². The van der Waals surface area contributed by atoms with Crippen LogP contribution in [0.15, 0.2) is 4.60 Å². The van der Waals surface area contributed by atoms with E-state index in [-0.39, 0.29) is 5.41 Å². The van der Waals surface area contributed by atoms with Crippen molar-refractivity contribution in [3.05, 3.63) is 10.3 Å². The summed E-state index contributed by atoms with van der Waals surface area (Å²) < 4.78 is 2.85. The van der Waals surface area contributed by atoms with E-state index in [2.05, 4.69) is 47.0 Å². The lowest BCUT2D eigenvalue weighted by Gasteiger charge is -2.14. The van der Waals surface area contributed by atoms with Gasteiger partial charge in [0, 0.05) is 12.0 Å². The second-order valence-electron chi connectivity index (χ2n) is 3.79. The summed E-state index contributed by atoms with van der Waals surface area (Å²) in [4.78, 5) is 0. The van der Waals surface area contributed by atoms with Gasteiger partial charge >= 0.3 is 0 Å². The maximum Gasteiger partial charge on any atom is 0.128 e. The fourth-order valence-corrected chi connectivity index (χ4v) is 1.96. The van der Waals surface area contributed by atoms with E-state index < -0.39 is 0 Å². The van der Waals surface area contributed by atoms with E-state index in [0.29, 0.717) is 0 Å². The first-order chi connectivity index (χ1) is 5.46. The minimum absolute atomic E-state index is 0.0618. The highest BCUT2D eigenvalue weighted by Crippen LogP contribution is 2.26. The van der Waals surface area contributed by atoms with E-state index in [0.717, 1.165) is 16.8 Å². The van der Waals surface area contributed by atoms with Crippen molar-refractivity contribution in [2.24, 2.45) is 0 Å². The van der Waals surface area contributed by atoms with Gasteiger partial charge in [-0.1, -0.05) is 26.0 Å². The molecule has 1 aromatic rings. The molecule has 0 radical (unpaired) electrons. The number of rotatable bonds is 1. The quantitative estimate of drug-likeness (QED) is 0.744. The third kappa shape index (κ3) is 1.68. The molecule has 12 heavy (non-hydrogen) atoms. The summed E-state index contributed by atoms with van der Waals surface area (Å²) in [5.41, 5.74) is 1.08. The molecule has 0 spiro atoms. The number of halogens is 1. The van der Waals surface area contributed by atoms with Crippen molar-refractivity contribution in [2.45, 2.75) is 39.7 Å². The molecular formula is C8H14BrN3. The van der Waals surface area contributed by atoms with Gasteiger partial charge in [-0.25, -0.2) is 4.68 Å². The molecule has 0 aliphatic carbocycles. The van der Waals surface area contributed by atoms with Crippen LogP contribution in [0, 0.1) is 0 Å². The zero-order valence-corrected chi connectivity index (χ0v) is 9.51. The monoisotopic (exact) mass is 231 g/mol. The maximum absolute atomic E-state index is 4.12. The Hall–Kier alpha value is -0.380. The van der Waals surface area contributed by atoms with Gasteiger partial charge < -0.3 is 0 Å². The summed E-state index contributed by atoms with van der Waals surface area (Å²) in [5, 5.41) is 8.14. The summed E-state index contributed by atoms with van der Waals surface area (Å²) in [6.45, 7) is 9.28. The Balaban J connectivity index is 3.11. The molecule has 0 N–H and O–H groups in total. The predicted molar refractivity (Wildman–Crippen MR) is 52.1 cm³/mol. The zero-order valence-electron chi connectivity index (χ0n) is 7.93. The van der Waals surface area contributed by atoms with Crippen molar-refractivity contribution in [3.8, 4) is 0 Å². The predicted octanol–water partition coefficient (Wildman–Crippen LogP) is 2.36. The molecule has 0 atom stereocenters. The average Bonchev–Trinajstić information content (AvgIpc) is 2.29. The number of hydrogen-bond donors (Lipinski definition) is 0. The van der Waals surface area contributed by atoms with Crippen LogP contribution in [-0.2, 0) is 12.0 Å². The van der Waals surface area contributed by atoms with Crippen molar-refractivity contribution < 1.29 is 0 Å². The topological polar surface area (TPSA) is 30.7 Å². The lowest BCUT2D eigenvalue weighted by atomic mass is 9.93. The standard InChI is InChI=1S/C8H14BrN3/c1-5-12-7(9)6(10-11-12)8(2,3)4/h5H2,1-4H3. The number of aromatic nitrogens is 3. The van der Waals surface area contributed by atoms with Crippen LogP contribution in [0.25, 0.3) is 0 Å². The van der Waals surface area contributed by atoms with Gasteiger partial charge in [0.25, 0.3) is 0 Å². The molecule has 0 unspecified atom stereocenters. The van der Waals surface area contributed by atoms with E-state index in [1.807, 2.05) is 11.6 Å². The number of aryl methyl sites for hydroxylation is 1. The normalized spacial score (nSPS) is 12.1. The van der Waals surface area contributed by atoms with Gasteiger partial charge in [-0.3, -0.25) is 0 Å². The summed E-state index contributed by atoms with van der Waals surface area (Å²) in [6, 6.07) is 0. The van der Waals surface area contributed by atoms with Gasteiger partial charge in [0.05, 0.1) is 0 Å². The van der Waals surface area contributed by atoms with Gasteiger partial charge in [0.1, 0.15) is 10.3 Å². The van der Waals surface area contributed by atoms with Crippen molar-refractivity contribution in [1.82, 2.24) is 15.0 Å². The second kappa shape index (κ2) is 3.17. The van der Waals surface area contributed by atoms with E-state index in [1.165, 1.54) is 0 Å². The zero-order chi connectivity index (χ0) is 9.35. The highest BCUT2D eigenvalue weighted by atomic mass is 79.9. The SMILES string of the molecule is CCn1nnc(C(C)(C)C)c1Br. The molecular weight excluding hydrogens is 218 g/mol. The molecule has 0 amide bonds. The van der Waals surface area contributed by atoms with Crippen LogP contribution in [-0.4, -0.2) is 15.0 Å². The molecule has 0 saturated heterocycles. The third-order valence-electron chi connectivity index (χ3n) is 1.68. The molecule has 0 bridgehead atoms. The second-order valence-corrected chi connectivity index (χ2v) is 4.55.